The summed E-state index contributed by atoms with van der Waals surface area (Å²) in [5.74, 6) is 2.98. The smallest absolute Gasteiger partial charge is 0.282 e. The lowest BCUT2D eigenvalue weighted by molar-refractivity contribution is -0.117. The van der Waals surface area contributed by atoms with E-state index in [4.69, 9.17) is 5.73 Å². The molecule has 3 saturated carbocycles. The fraction of sp³-hybridized carbons (Fsp3) is 0.567. The maximum atomic E-state index is 13.5. The van der Waals surface area contributed by atoms with Crippen LogP contribution in [0.15, 0.2) is 58.2 Å². The first kappa shape index (κ1) is 22.8. The molecule has 3 fully saturated rings. The molecule has 5 nitrogen and oxygen atoms in total. The predicted octanol–water partition coefficient (Wildman–Crippen LogP) is 5.77. The number of fused-ring (bicyclic) bond motifs is 5. The molecule has 5 heteroatoms. The molecule has 1 aromatic rings. The van der Waals surface area contributed by atoms with Crippen LogP contribution in [-0.2, 0) is 9.59 Å². The van der Waals surface area contributed by atoms with Gasteiger partial charge in [0, 0.05) is 6.42 Å². The molecule has 0 saturated heterocycles. The predicted molar refractivity (Wildman–Crippen MR) is 138 cm³/mol. The van der Waals surface area contributed by atoms with E-state index in [9.17, 15) is 9.59 Å². The van der Waals surface area contributed by atoms with Crippen LogP contribution in [0, 0.1) is 34.5 Å². The molecular weight excluding hydrogens is 434 g/mol. The fourth-order valence-electron chi connectivity index (χ4n) is 8.98. The van der Waals surface area contributed by atoms with Gasteiger partial charge in [-0.1, -0.05) is 43.2 Å². The molecule has 4 aliphatic carbocycles. The SMILES string of the molecule is C/C(=C1/C(=O)N(c2ccccc2)N=C1N)C1CC[C@H]2[C@@H]3CCC4=CC(=O)CC[C@]4(C)[C@H]3CC[C@]12C. The van der Waals surface area contributed by atoms with Crippen LogP contribution in [0.5, 0.6) is 0 Å². The van der Waals surface area contributed by atoms with Crippen molar-refractivity contribution in [3.05, 3.63) is 53.1 Å². The van der Waals surface area contributed by atoms with Crippen molar-refractivity contribution >= 4 is 23.2 Å². The van der Waals surface area contributed by atoms with Crippen LogP contribution in [0.3, 0.4) is 0 Å². The van der Waals surface area contributed by atoms with Gasteiger partial charge in [-0.2, -0.15) is 5.01 Å². The van der Waals surface area contributed by atoms with Crippen molar-refractivity contribution in [2.75, 3.05) is 5.01 Å². The van der Waals surface area contributed by atoms with Crippen LogP contribution in [0.25, 0.3) is 0 Å². The molecule has 6 atom stereocenters. The molecule has 35 heavy (non-hydrogen) atoms. The van der Waals surface area contributed by atoms with Crippen molar-refractivity contribution in [1.82, 2.24) is 0 Å². The van der Waals surface area contributed by atoms with E-state index in [1.165, 1.54) is 36.3 Å². The Labute approximate surface area is 208 Å². The van der Waals surface area contributed by atoms with Crippen LogP contribution in [-0.4, -0.2) is 17.5 Å². The Morgan fingerprint density at radius 3 is 2.54 bits per heavy atom. The summed E-state index contributed by atoms with van der Waals surface area (Å²) < 4.78 is 0. The number of amidine groups is 1. The van der Waals surface area contributed by atoms with Crippen molar-refractivity contribution in [2.45, 2.75) is 72.1 Å². The number of amides is 1. The molecule has 5 aliphatic rings. The van der Waals surface area contributed by atoms with Crippen molar-refractivity contribution < 1.29 is 9.59 Å². The van der Waals surface area contributed by atoms with E-state index in [1.54, 1.807) is 0 Å². The Balaban J connectivity index is 1.30. The van der Waals surface area contributed by atoms with E-state index in [0.717, 1.165) is 30.5 Å². The minimum atomic E-state index is -0.0984. The molecular formula is C30H37N3O2. The molecule has 0 spiro atoms. The first-order valence-corrected chi connectivity index (χ1v) is 13.4. The summed E-state index contributed by atoms with van der Waals surface area (Å²) in [6.45, 7) is 7.05. The number of ketones is 1. The largest absolute Gasteiger partial charge is 0.382 e. The number of nitrogens with two attached hydrogens (primary N) is 1. The second kappa shape index (κ2) is 7.91. The molecule has 0 aromatic heterocycles. The van der Waals surface area contributed by atoms with E-state index >= 15 is 0 Å². The van der Waals surface area contributed by atoms with Crippen LogP contribution in [0.4, 0.5) is 5.69 Å². The van der Waals surface area contributed by atoms with Crippen molar-refractivity contribution in [3.8, 4) is 0 Å². The number of benzene rings is 1. The molecule has 1 aromatic carbocycles. The summed E-state index contributed by atoms with van der Waals surface area (Å²) in [5, 5.41) is 5.91. The molecule has 1 aliphatic heterocycles. The number of anilines is 1. The van der Waals surface area contributed by atoms with Gasteiger partial charge < -0.3 is 5.73 Å². The molecule has 6 rings (SSSR count). The Kier molecular flexibility index (Phi) is 5.14. The zero-order valence-corrected chi connectivity index (χ0v) is 21.2. The van der Waals surface area contributed by atoms with Gasteiger partial charge in [0.1, 0.15) is 0 Å². The van der Waals surface area contributed by atoms with E-state index in [2.05, 4.69) is 25.9 Å². The van der Waals surface area contributed by atoms with Crippen LogP contribution in [0.1, 0.15) is 72.1 Å². The highest BCUT2D eigenvalue weighted by Crippen LogP contribution is 2.67. The zero-order chi connectivity index (χ0) is 24.5. The lowest BCUT2D eigenvalue weighted by Gasteiger charge is -2.58. The van der Waals surface area contributed by atoms with Gasteiger partial charge >= 0.3 is 0 Å². The maximum absolute atomic E-state index is 13.5. The number of carbonyl (C=O) groups excluding carboxylic acids is 2. The molecule has 0 bridgehead atoms. The molecule has 2 N–H and O–H groups in total. The van der Waals surface area contributed by atoms with Crippen molar-refractivity contribution in [2.24, 2.45) is 45.3 Å². The number of nitrogens with zero attached hydrogens (tertiary/aromatic N) is 2. The van der Waals surface area contributed by atoms with E-state index < -0.39 is 0 Å². The normalized spacial score (nSPS) is 40.0. The monoisotopic (exact) mass is 471 g/mol. The average molecular weight is 472 g/mol. The van der Waals surface area contributed by atoms with Gasteiger partial charge in [-0.25, -0.2) is 0 Å². The fourth-order valence-corrected chi connectivity index (χ4v) is 8.98. The Hall–Kier alpha value is -2.69. The first-order valence-electron chi connectivity index (χ1n) is 13.4. The minimum Gasteiger partial charge on any atom is -0.382 e. The Bertz CT molecular complexity index is 1180. The summed E-state index contributed by atoms with van der Waals surface area (Å²) in [5.41, 5.74) is 10.7. The third-order valence-electron chi connectivity index (χ3n) is 10.7. The van der Waals surface area contributed by atoms with Crippen LogP contribution in [0.2, 0.25) is 0 Å². The highest BCUT2D eigenvalue weighted by atomic mass is 16.2. The zero-order valence-electron chi connectivity index (χ0n) is 21.2. The number of rotatable bonds is 2. The van der Waals surface area contributed by atoms with Gasteiger partial charge in [-0.3, -0.25) is 9.59 Å². The van der Waals surface area contributed by atoms with Gasteiger partial charge in [0.15, 0.2) is 11.6 Å². The quantitative estimate of drug-likeness (QED) is 0.556. The number of allylic oxidation sites excluding steroid dienone is 2. The summed E-state index contributed by atoms with van der Waals surface area (Å²) in [6, 6.07) is 9.55. The second-order valence-electron chi connectivity index (χ2n) is 12.1. The third-order valence-corrected chi connectivity index (χ3v) is 10.7. The Morgan fingerprint density at radius 2 is 1.77 bits per heavy atom. The van der Waals surface area contributed by atoms with Gasteiger partial charge in [0.25, 0.3) is 5.91 Å². The highest BCUT2D eigenvalue weighted by molar-refractivity contribution is 6.29. The van der Waals surface area contributed by atoms with E-state index in [0.29, 0.717) is 47.3 Å². The summed E-state index contributed by atoms with van der Waals surface area (Å²) in [6.07, 6.45) is 10.7. The number of carbonyl (C=O) groups is 2. The first-order chi connectivity index (χ1) is 16.7. The van der Waals surface area contributed by atoms with Crippen LogP contribution >= 0.6 is 0 Å². The molecule has 1 amide bonds. The average Bonchev–Trinajstić information content (AvgIpc) is 3.35. The minimum absolute atomic E-state index is 0.0984. The van der Waals surface area contributed by atoms with Crippen molar-refractivity contribution in [1.29, 1.82) is 0 Å². The number of para-hydroxylation sites is 1. The van der Waals surface area contributed by atoms with E-state index in [1.807, 2.05) is 36.4 Å². The molecule has 1 unspecified atom stereocenters. The van der Waals surface area contributed by atoms with Gasteiger partial charge in [0.05, 0.1) is 11.3 Å². The van der Waals surface area contributed by atoms with Gasteiger partial charge in [0.2, 0.25) is 0 Å². The number of hydrogen-bond acceptors (Lipinski definition) is 4. The number of hydrogen-bond donors (Lipinski definition) is 1. The molecule has 184 valence electrons. The third kappa shape index (κ3) is 3.23. The van der Waals surface area contributed by atoms with Gasteiger partial charge in [-0.05, 0) is 105 Å². The summed E-state index contributed by atoms with van der Waals surface area (Å²) in [4.78, 5) is 25.6. The van der Waals surface area contributed by atoms with Crippen molar-refractivity contribution in [3.63, 3.8) is 0 Å². The lowest BCUT2D eigenvalue weighted by Crippen LogP contribution is -2.50. The maximum Gasteiger partial charge on any atom is 0.282 e. The second-order valence-corrected chi connectivity index (χ2v) is 12.1. The summed E-state index contributed by atoms with van der Waals surface area (Å²) in [7, 11) is 0. The number of hydrazone groups is 1. The standard InChI is InChI=1S/C30H37N3O2/c1-18(26-27(31)32-33(28(26)35)20-7-5-4-6-8-20)23-11-12-24-22-10-9-19-17-21(34)13-15-29(19,2)25(22)14-16-30(23,24)3/h4-8,17,22-25H,9-16H2,1-3H3,(H2,31,32)/b26-18-/t22-,23?,24-,25-,29-,30+/m0/s1. The van der Waals surface area contributed by atoms with E-state index in [-0.39, 0.29) is 16.7 Å². The topological polar surface area (TPSA) is 75.8 Å². The Morgan fingerprint density at radius 1 is 1.00 bits per heavy atom. The summed E-state index contributed by atoms with van der Waals surface area (Å²) >= 11 is 0. The lowest BCUT2D eigenvalue weighted by atomic mass is 9.46. The van der Waals surface area contributed by atoms with Crippen LogP contribution < -0.4 is 10.7 Å². The van der Waals surface area contributed by atoms with Gasteiger partial charge in [-0.15, -0.1) is 5.10 Å². The molecule has 1 heterocycles. The molecule has 0 radical (unpaired) electrons. The highest BCUT2D eigenvalue weighted by Gasteiger charge is 2.59.